The van der Waals surface area contributed by atoms with Crippen molar-refractivity contribution in [2.45, 2.75) is 6.54 Å². The molecular formula is C8H11ClN2OS. The molecule has 0 aromatic heterocycles. The highest BCUT2D eigenvalue weighted by atomic mass is 35.5. The van der Waals surface area contributed by atoms with Crippen LogP contribution in [0.5, 0.6) is 0 Å². The van der Waals surface area contributed by atoms with E-state index in [1.165, 1.54) is 6.26 Å². The molecule has 0 saturated carbocycles. The highest BCUT2D eigenvalue weighted by Crippen LogP contribution is 2.09. The number of halogens is 1. The van der Waals surface area contributed by atoms with Crippen molar-refractivity contribution in [1.29, 1.82) is 4.78 Å². The molecule has 1 rings (SSSR count). The lowest BCUT2D eigenvalue weighted by Gasteiger charge is -2.03. The summed E-state index contributed by atoms with van der Waals surface area (Å²) in [6.07, 6.45) is 1.35. The third-order valence-electron chi connectivity index (χ3n) is 1.46. The van der Waals surface area contributed by atoms with Crippen LogP contribution in [0.2, 0.25) is 5.02 Å². The predicted octanol–water partition coefficient (Wildman–Crippen LogP) is 2.02. The third-order valence-corrected chi connectivity index (χ3v) is 2.41. The highest BCUT2D eigenvalue weighted by Gasteiger charge is 1.97. The first-order valence-corrected chi connectivity index (χ1v) is 6.04. The van der Waals surface area contributed by atoms with Crippen LogP contribution in [0.25, 0.3) is 0 Å². The Labute approximate surface area is 83.2 Å². The molecule has 0 aliphatic carbocycles. The minimum Gasteiger partial charge on any atom is -0.241 e. The summed E-state index contributed by atoms with van der Waals surface area (Å²) in [6, 6.07) is 7.20. The summed E-state index contributed by atoms with van der Waals surface area (Å²) >= 11 is 5.69. The van der Waals surface area contributed by atoms with E-state index in [1.54, 1.807) is 12.1 Å². The number of nitrogens with one attached hydrogen (secondary N) is 2. The van der Waals surface area contributed by atoms with Crippen molar-refractivity contribution in [1.82, 2.24) is 4.72 Å². The number of rotatable bonds is 3. The standard InChI is InChI=1S/C8H11ClN2OS/c1-13(10,12)11-6-7-2-4-8(9)5-3-7/h2-5H,6H2,1H3,(H2,10,11,12). The molecule has 0 bridgehead atoms. The van der Waals surface area contributed by atoms with Crippen LogP contribution in [-0.2, 0) is 16.5 Å². The molecule has 13 heavy (non-hydrogen) atoms. The monoisotopic (exact) mass is 218 g/mol. The Morgan fingerprint density at radius 2 is 2.00 bits per heavy atom. The van der Waals surface area contributed by atoms with Crippen molar-refractivity contribution in [3.8, 4) is 0 Å². The van der Waals surface area contributed by atoms with Crippen LogP contribution in [0.3, 0.4) is 0 Å². The second kappa shape index (κ2) is 4.09. The minimum absolute atomic E-state index is 0.427. The van der Waals surface area contributed by atoms with Crippen LogP contribution in [0, 0.1) is 4.78 Å². The van der Waals surface area contributed by atoms with Crippen molar-refractivity contribution in [2.24, 2.45) is 0 Å². The van der Waals surface area contributed by atoms with E-state index in [4.69, 9.17) is 16.4 Å². The van der Waals surface area contributed by atoms with Crippen molar-refractivity contribution < 1.29 is 4.21 Å². The molecule has 5 heteroatoms. The Bertz CT molecular complexity index is 372. The Morgan fingerprint density at radius 3 is 2.46 bits per heavy atom. The fourth-order valence-corrected chi connectivity index (χ4v) is 1.39. The molecule has 0 heterocycles. The van der Waals surface area contributed by atoms with E-state index >= 15 is 0 Å². The highest BCUT2D eigenvalue weighted by molar-refractivity contribution is 7.89. The second-order valence-corrected chi connectivity index (χ2v) is 5.20. The number of hydrogen-bond acceptors (Lipinski definition) is 2. The van der Waals surface area contributed by atoms with Gasteiger partial charge in [-0.2, -0.15) is 0 Å². The average molecular weight is 219 g/mol. The number of benzene rings is 1. The van der Waals surface area contributed by atoms with Gasteiger partial charge in [-0.05, 0) is 17.7 Å². The molecule has 1 unspecified atom stereocenters. The topological polar surface area (TPSA) is 53.0 Å². The van der Waals surface area contributed by atoms with Gasteiger partial charge >= 0.3 is 0 Å². The van der Waals surface area contributed by atoms with Crippen LogP contribution < -0.4 is 4.72 Å². The van der Waals surface area contributed by atoms with Gasteiger partial charge in [-0.15, -0.1) is 0 Å². The van der Waals surface area contributed by atoms with Crippen LogP contribution in [-0.4, -0.2) is 10.5 Å². The number of hydrogen-bond donors (Lipinski definition) is 2. The van der Waals surface area contributed by atoms with Crippen LogP contribution in [0.4, 0.5) is 0 Å². The molecule has 1 atom stereocenters. The molecule has 0 spiro atoms. The van der Waals surface area contributed by atoms with Crippen molar-refractivity contribution in [2.75, 3.05) is 6.26 Å². The molecule has 0 aliphatic heterocycles. The fraction of sp³-hybridized carbons (Fsp3) is 0.250. The summed E-state index contributed by atoms with van der Waals surface area (Å²) in [4.78, 5) is 0. The van der Waals surface area contributed by atoms with Gasteiger partial charge in [0.25, 0.3) is 0 Å². The molecule has 2 N–H and O–H groups in total. The summed E-state index contributed by atoms with van der Waals surface area (Å²) in [5, 5.41) is 0.673. The summed E-state index contributed by atoms with van der Waals surface area (Å²) in [5.74, 6) is 0. The summed E-state index contributed by atoms with van der Waals surface area (Å²) in [6.45, 7) is 0.427. The Morgan fingerprint density at radius 1 is 1.46 bits per heavy atom. The Hall–Kier alpha value is -0.580. The first-order chi connectivity index (χ1) is 5.97. The molecular weight excluding hydrogens is 208 g/mol. The van der Waals surface area contributed by atoms with Crippen LogP contribution >= 0.6 is 11.6 Å². The van der Waals surface area contributed by atoms with Crippen molar-refractivity contribution >= 4 is 21.5 Å². The molecule has 72 valence electrons. The molecule has 1 aromatic carbocycles. The maximum atomic E-state index is 11.0. The van der Waals surface area contributed by atoms with Gasteiger partial charge in [-0.25, -0.2) is 13.7 Å². The van der Waals surface area contributed by atoms with Gasteiger partial charge in [-0.1, -0.05) is 23.7 Å². The maximum absolute atomic E-state index is 11.0. The normalized spacial score (nSPS) is 15.2. The van der Waals surface area contributed by atoms with Crippen molar-refractivity contribution in [3.05, 3.63) is 34.9 Å². The molecule has 1 aromatic rings. The minimum atomic E-state index is -2.62. The molecule has 3 nitrogen and oxygen atoms in total. The van der Waals surface area contributed by atoms with Gasteiger partial charge in [-0.3, -0.25) is 0 Å². The van der Waals surface area contributed by atoms with Gasteiger partial charge in [0, 0.05) is 17.8 Å². The van der Waals surface area contributed by atoms with Crippen LogP contribution in [0.15, 0.2) is 24.3 Å². The Kier molecular flexibility index (Phi) is 3.30. The second-order valence-electron chi connectivity index (χ2n) is 2.79. The van der Waals surface area contributed by atoms with Gasteiger partial charge in [0.2, 0.25) is 0 Å². The zero-order valence-electron chi connectivity index (χ0n) is 7.21. The maximum Gasteiger partial charge on any atom is 0.102 e. The SMILES string of the molecule is CS(=N)(=O)NCc1ccc(Cl)cc1. The largest absolute Gasteiger partial charge is 0.241 e. The van der Waals surface area contributed by atoms with E-state index in [1.807, 2.05) is 12.1 Å². The van der Waals surface area contributed by atoms with Crippen LogP contribution in [0.1, 0.15) is 5.56 Å². The molecule has 0 fully saturated rings. The molecule has 0 amide bonds. The smallest absolute Gasteiger partial charge is 0.102 e. The van der Waals surface area contributed by atoms with E-state index in [-0.39, 0.29) is 0 Å². The van der Waals surface area contributed by atoms with E-state index in [2.05, 4.69) is 4.72 Å². The zero-order chi connectivity index (χ0) is 9.90. The fourth-order valence-electron chi connectivity index (χ4n) is 0.823. The van der Waals surface area contributed by atoms with Gasteiger partial charge < -0.3 is 0 Å². The summed E-state index contributed by atoms with van der Waals surface area (Å²) in [7, 11) is -2.62. The first kappa shape index (κ1) is 10.5. The first-order valence-electron chi connectivity index (χ1n) is 3.70. The third kappa shape index (κ3) is 4.26. The van der Waals surface area contributed by atoms with E-state index in [9.17, 15) is 4.21 Å². The lowest BCUT2D eigenvalue weighted by Crippen LogP contribution is -2.19. The Balaban J connectivity index is 2.61. The summed E-state index contributed by atoms with van der Waals surface area (Å²) < 4.78 is 20.7. The lowest BCUT2D eigenvalue weighted by atomic mass is 10.2. The van der Waals surface area contributed by atoms with E-state index in [0.29, 0.717) is 11.6 Å². The molecule has 0 radical (unpaired) electrons. The molecule has 0 saturated heterocycles. The predicted molar refractivity (Wildman–Crippen MR) is 55.1 cm³/mol. The van der Waals surface area contributed by atoms with Crippen molar-refractivity contribution in [3.63, 3.8) is 0 Å². The van der Waals surface area contributed by atoms with E-state index in [0.717, 1.165) is 5.56 Å². The average Bonchev–Trinajstić information content (AvgIpc) is 2.02. The summed E-state index contributed by atoms with van der Waals surface area (Å²) in [5.41, 5.74) is 0.964. The quantitative estimate of drug-likeness (QED) is 0.802. The van der Waals surface area contributed by atoms with E-state index < -0.39 is 9.92 Å². The van der Waals surface area contributed by atoms with Gasteiger partial charge in [0.05, 0.1) is 0 Å². The molecule has 0 aliphatic rings. The lowest BCUT2D eigenvalue weighted by molar-refractivity contribution is 0.667. The van der Waals surface area contributed by atoms with Gasteiger partial charge in [0.15, 0.2) is 0 Å². The van der Waals surface area contributed by atoms with Gasteiger partial charge in [0.1, 0.15) is 9.92 Å². The zero-order valence-corrected chi connectivity index (χ0v) is 8.78.